The average molecular weight is 396 g/mol. The first-order valence-electron chi connectivity index (χ1n) is 8.43. The van der Waals surface area contributed by atoms with Crippen LogP contribution in [0.3, 0.4) is 0 Å². The molecule has 146 valence electrons. The van der Waals surface area contributed by atoms with Crippen LogP contribution >= 0.6 is 0 Å². The Morgan fingerprint density at radius 2 is 1.81 bits per heavy atom. The topological polar surface area (TPSA) is 66.5 Å². The number of sulfonamides is 1. The smallest absolute Gasteiger partial charge is 0.240 e. The van der Waals surface area contributed by atoms with Crippen molar-refractivity contribution < 1.29 is 22.0 Å². The number of carbonyl (C=O) groups excluding carboxylic acids is 1. The molecule has 1 N–H and O–H groups in total. The van der Waals surface area contributed by atoms with Gasteiger partial charge in [0.15, 0.2) is 0 Å². The van der Waals surface area contributed by atoms with Crippen LogP contribution in [0.4, 0.5) is 14.5 Å². The predicted molar refractivity (Wildman–Crippen MR) is 101 cm³/mol. The summed E-state index contributed by atoms with van der Waals surface area (Å²) >= 11 is 0. The van der Waals surface area contributed by atoms with Gasteiger partial charge in [0.2, 0.25) is 15.9 Å². The van der Waals surface area contributed by atoms with E-state index in [-0.39, 0.29) is 11.7 Å². The van der Waals surface area contributed by atoms with Gasteiger partial charge in [-0.05, 0) is 37.5 Å². The molecule has 2 rings (SSSR count). The van der Waals surface area contributed by atoms with Crippen molar-refractivity contribution in [2.75, 3.05) is 17.1 Å². The summed E-state index contributed by atoms with van der Waals surface area (Å²) in [6, 6.07) is 12.1. The molecular weight excluding hydrogens is 374 g/mol. The quantitative estimate of drug-likeness (QED) is 0.746. The standard InChI is InChI=1S/C19H22F2N2O3S/c1-14(8-9-15-6-4-3-5-7-15)22-19(24)13-23(27(2,25)26)18-11-10-16(20)12-17(18)21/h3-7,10-12,14H,8-9,13H2,1-2H3,(H,22,24)/t14-/m1/s1. The predicted octanol–water partition coefficient (Wildman–Crippen LogP) is 2.87. The van der Waals surface area contributed by atoms with Crippen molar-refractivity contribution in [3.63, 3.8) is 0 Å². The molecule has 1 atom stereocenters. The summed E-state index contributed by atoms with van der Waals surface area (Å²) < 4.78 is 51.7. The lowest BCUT2D eigenvalue weighted by atomic mass is 10.1. The van der Waals surface area contributed by atoms with Crippen LogP contribution in [0.25, 0.3) is 0 Å². The molecule has 0 heterocycles. The summed E-state index contributed by atoms with van der Waals surface area (Å²) in [6.45, 7) is 1.22. The number of halogens is 2. The van der Waals surface area contributed by atoms with Crippen LogP contribution in [0, 0.1) is 11.6 Å². The summed E-state index contributed by atoms with van der Waals surface area (Å²) in [5, 5.41) is 2.71. The fraction of sp³-hybridized carbons (Fsp3) is 0.316. The molecule has 0 aliphatic rings. The zero-order chi connectivity index (χ0) is 20.0. The van der Waals surface area contributed by atoms with Crippen LogP contribution < -0.4 is 9.62 Å². The van der Waals surface area contributed by atoms with E-state index in [0.717, 1.165) is 30.4 Å². The molecule has 0 bridgehead atoms. The molecule has 0 unspecified atom stereocenters. The maximum Gasteiger partial charge on any atom is 0.240 e. The van der Waals surface area contributed by atoms with Gasteiger partial charge in [-0.2, -0.15) is 0 Å². The van der Waals surface area contributed by atoms with Crippen molar-refractivity contribution in [3.8, 4) is 0 Å². The van der Waals surface area contributed by atoms with E-state index in [0.29, 0.717) is 16.8 Å². The molecule has 0 saturated heterocycles. The van der Waals surface area contributed by atoms with Crippen molar-refractivity contribution in [1.29, 1.82) is 0 Å². The van der Waals surface area contributed by atoms with Gasteiger partial charge in [0.25, 0.3) is 0 Å². The van der Waals surface area contributed by atoms with Gasteiger partial charge in [-0.15, -0.1) is 0 Å². The molecule has 0 aliphatic heterocycles. The second-order valence-corrected chi connectivity index (χ2v) is 8.27. The Labute approximate surface area is 158 Å². The molecule has 0 fully saturated rings. The molecule has 8 heteroatoms. The Balaban J connectivity index is 2.01. The van der Waals surface area contributed by atoms with Gasteiger partial charge in [0.1, 0.15) is 18.2 Å². The summed E-state index contributed by atoms with van der Waals surface area (Å²) in [7, 11) is -3.93. The minimum atomic E-state index is -3.93. The number of aryl methyl sites for hydroxylation is 1. The lowest BCUT2D eigenvalue weighted by Crippen LogP contribution is -2.43. The first-order chi connectivity index (χ1) is 12.7. The van der Waals surface area contributed by atoms with Crippen molar-refractivity contribution >= 4 is 21.6 Å². The maximum atomic E-state index is 14.0. The Morgan fingerprint density at radius 3 is 2.41 bits per heavy atom. The minimum absolute atomic E-state index is 0.197. The molecule has 2 aromatic rings. The highest BCUT2D eigenvalue weighted by Gasteiger charge is 2.24. The molecule has 0 aromatic heterocycles. The molecule has 0 spiro atoms. The molecule has 0 aliphatic carbocycles. The Morgan fingerprint density at radius 1 is 1.15 bits per heavy atom. The van der Waals surface area contributed by atoms with E-state index >= 15 is 0 Å². The van der Waals surface area contributed by atoms with Crippen LogP contribution in [0.5, 0.6) is 0 Å². The first-order valence-corrected chi connectivity index (χ1v) is 10.3. The van der Waals surface area contributed by atoms with Gasteiger partial charge >= 0.3 is 0 Å². The van der Waals surface area contributed by atoms with E-state index in [1.165, 1.54) is 0 Å². The number of benzene rings is 2. The van der Waals surface area contributed by atoms with E-state index in [1.807, 2.05) is 37.3 Å². The van der Waals surface area contributed by atoms with Crippen molar-refractivity contribution in [1.82, 2.24) is 5.32 Å². The molecule has 0 saturated carbocycles. The van der Waals surface area contributed by atoms with Gasteiger partial charge in [0.05, 0.1) is 11.9 Å². The molecule has 1 amide bonds. The summed E-state index contributed by atoms with van der Waals surface area (Å²) in [4.78, 5) is 12.3. The molecule has 5 nitrogen and oxygen atoms in total. The average Bonchev–Trinajstić information content (AvgIpc) is 2.58. The zero-order valence-electron chi connectivity index (χ0n) is 15.2. The molecule has 0 radical (unpaired) electrons. The highest BCUT2D eigenvalue weighted by Crippen LogP contribution is 2.22. The molecule has 27 heavy (non-hydrogen) atoms. The number of amides is 1. The first kappa shape index (κ1) is 20.8. The SMILES string of the molecule is C[C@H](CCc1ccccc1)NC(=O)CN(c1ccc(F)cc1F)S(C)(=O)=O. The van der Waals surface area contributed by atoms with E-state index in [9.17, 15) is 22.0 Å². The number of nitrogens with one attached hydrogen (secondary N) is 1. The van der Waals surface area contributed by atoms with Gasteiger partial charge in [-0.25, -0.2) is 17.2 Å². The third kappa shape index (κ3) is 6.32. The largest absolute Gasteiger partial charge is 0.352 e. The molecular formula is C19H22F2N2O3S. The summed E-state index contributed by atoms with van der Waals surface area (Å²) in [6.07, 6.45) is 2.28. The van der Waals surface area contributed by atoms with Crippen LogP contribution in [0.1, 0.15) is 18.9 Å². The third-order valence-electron chi connectivity index (χ3n) is 3.98. The zero-order valence-corrected chi connectivity index (χ0v) is 16.0. The Kier molecular flexibility index (Phi) is 6.90. The Bertz CT molecular complexity index is 889. The lowest BCUT2D eigenvalue weighted by Gasteiger charge is -2.23. The van der Waals surface area contributed by atoms with Crippen LogP contribution in [0.2, 0.25) is 0 Å². The highest BCUT2D eigenvalue weighted by molar-refractivity contribution is 7.92. The van der Waals surface area contributed by atoms with Crippen molar-refractivity contribution in [2.45, 2.75) is 25.8 Å². The van der Waals surface area contributed by atoms with Gasteiger partial charge in [-0.1, -0.05) is 30.3 Å². The van der Waals surface area contributed by atoms with Gasteiger partial charge in [-0.3, -0.25) is 9.10 Å². The van der Waals surface area contributed by atoms with Crippen LogP contribution in [-0.4, -0.2) is 33.2 Å². The van der Waals surface area contributed by atoms with E-state index < -0.39 is 34.1 Å². The maximum absolute atomic E-state index is 14.0. The fourth-order valence-corrected chi connectivity index (χ4v) is 3.47. The molecule has 2 aromatic carbocycles. The van der Waals surface area contributed by atoms with E-state index in [4.69, 9.17) is 0 Å². The number of nitrogens with zero attached hydrogens (tertiary/aromatic N) is 1. The van der Waals surface area contributed by atoms with Crippen molar-refractivity contribution in [2.24, 2.45) is 0 Å². The van der Waals surface area contributed by atoms with Crippen molar-refractivity contribution in [3.05, 3.63) is 65.7 Å². The number of hydrogen-bond donors (Lipinski definition) is 1. The van der Waals surface area contributed by atoms with E-state index in [1.54, 1.807) is 0 Å². The fourth-order valence-electron chi connectivity index (χ4n) is 2.62. The number of anilines is 1. The summed E-state index contributed by atoms with van der Waals surface area (Å²) in [5.41, 5.74) is 0.760. The monoisotopic (exact) mass is 396 g/mol. The lowest BCUT2D eigenvalue weighted by molar-refractivity contribution is -0.120. The summed E-state index contributed by atoms with van der Waals surface area (Å²) in [5.74, 6) is -2.45. The number of rotatable bonds is 8. The highest BCUT2D eigenvalue weighted by atomic mass is 32.2. The third-order valence-corrected chi connectivity index (χ3v) is 5.11. The normalized spacial score (nSPS) is 12.4. The second kappa shape index (κ2) is 8.94. The van der Waals surface area contributed by atoms with Crippen LogP contribution in [-0.2, 0) is 21.2 Å². The number of hydrogen-bond acceptors (Lipinski definition) is 3. The van der Waals surface area contributed by atoms with Gasteiger partial charge < -0.3 is 5.32 Å². The Hall–Kier alpha value is -2.48. The second-order valence-electron chi connectivity index (χ2n) is 6.36. The van der Waals surface area contributed by atoms with E-state index in [2.05, 4.69) is 5.32 Å². The number of carbonyl (C=O) groups is 1. The van der Waals surface area contributed by atoms with Gasteiger partial charge in [0, 0.05) is 12.1 Å². The van der Waals surface area contributed by atoms with Crippen LogP contribution in [0.15, 0.2) is 48.5 Å². The minimum Gasteiger partial charge on any atom is -0.352 e.